The van der Waals surface area contributed by atoms with E-state index in [0.29, 0.717) is 18.2 Å². The SMILES string of the molecule is Nc1cc(NCC2(O)CCC2)ncn1. The van der Waals surface area contributed by atoms with Crippen LogP contribution in [0.2, 0.25) is 0 Å². The molecule has 0 saturated heterocycles. The maximum absolute atomic E-state index is 9.80. The number of hydrogen-bond donors (Lipinski definition) is 3. The average molecular weight is 194 g/mol. The first kappa shape index (κ1) is 9.21. The van der Waals surface area contributed by atoms with Gasteiger partial charge in [-0.05, 0) is 19.3 Å². The number of nitrogens with one attached hydrogen (secondary N) is 1. The van der Waals surface area contributed by atoms with Gasteiger partial charge in [0.15, 0.2) is 0 Å². The van der Waals surface area contributed by atoms with Crippen LogP contribution in [0.25, 0.3) is 0 Å². The molecule has 0 bridgehead atoms. The van der Waals surface area contributed by atoms with Gasteiger partial charge in [-0.25, -0.2) is 9.97 Å². The van der Waals surface area contributed by atoms with E-state index in [-0.39, 0.29) is 0 Å². The molecule has 1 saturated carbocycles. The van der Waals surface area contributed by atoms with Gasteiger partial charge in [0.05, 0.1) is 5.60 Å². The van der Waals surface area contributed by atoms with E-state index in [0.717, 1.165) is 19.3 Å². The summed E-state index contributed by atoms with van der Waals surface area (Å²) in [6, 6.07) is 1.65. The minimum Gasteiger partial charge on any atom is -0.388 e. The second kappa shape index (κ2) is 3.42. The van der Waals surface area contributed by atoms with E-state index in [4.69, 9.17) is 5.73 Å². The Kier molecular flexibility index (Phi) is 2.25. The van der Waals surface area contributed by atoms with Gasteiger partial charge in [0.25, 0.3) is 0 Å². The van der Waals surface area contributed by atoms with E-state index in [9.17, 15) is 5.11 Å². The molecule has 5 nitrogen and oxygen atoms in total. The lowest BCUT2D eigenvalue weighted by molar-refractivity contribution is -0.0202. The molecule has 2 rings (SSSR count). The molecule has 0 atom stereocenters. The zero-order valence-corrected chi connectivity index (χ0v) is 7.90. The van der Waals surface area contributed by atoms with Crippen molar-refractivity contribution in [2.24, 2.45) is 0 Å². The van der Waals surface area contributed by atoms with Crippen LogP contribution in [0.5, 0.6) is 0 Å². The van der Waals surface area contributed by atoms with Crippen LogP contribution < -0.4 is 11.1 Å². The number of nitrogens with two attached hydrogens (primary N) is 1. The van der Waals surface area contributed by atoms with Crippen molar-refractivity contribution in [3.8, 4) is 0 Å². The Morgan fingerprint density at radius 2 is 2.29 bits per heavy atom. The van der Waals surface area contributed by atoms with E-state index in [2.05, 4.69) is 15.3 Å². The van der Waals surface area contributed by atoms with Crippen molar-refractivity contribution in [3.63, 3.8) is 0 Å². The Labute approximate surface area is 82.4 Å². The standard InChI is InChI=1S/C9H14N4O/c10-7-4-8(13-6-12-7)11-5-9(14)2-1-3-9/h4,6,14H,1-3,5H2,(H3,10,11,12,13). The smallest absolute Gasteiger partial charge is 0.131 e. The molecule has 1 fully saturated rings. The fourth-order valence-electron chi connectivity index (χ4n) is 1.49. The molecule has 0 aliphatic heterocycles. The molecule has 4 N–H and O–H groups in total. The number of nitrogens with zero attached hydrogens (tertiary/aromatic N) is 2. The molecule has 1 aromatic rings. The molecule has 0 spiro atoms. The highest BCUT2D eigenvalue weighted by Gasteiger charge is 2.33. The molecule has 1 aromatic heterocycles. The van der Waals surface area contributed by atoms with Crippen LogP contribution in [0.3, 0.4) is 0 Å². The molecule has 0 radical (unpaired) electrons. The summed E-state index contributed by atoms with van der Waals surface area (Å²) in [5.74, 6) is 1.10. The maximum atomic E-state index is 9.80. The van der Waals surface area contributed by atoms with Crippen molar-refractivity contribution in [2.75, 3.05) is 17.6 Å². The van der Waals surface area contributed by atoms with Gasteiger partial charge in [0.1, 0.15) is 18.0 Å². The Morgan fingerprint density at radius 1 is 1.50 bits per heavy atom. The highest BCUT2D eigenvalue weighted by molar-refractivity contribution is 5.43. The lowest BCUT2D eigenvalue weighted by Crippen LogP contribution is -2.43. The molecule has 1 aliphatic carbocycles. The first-order valence-corrected chi connectivity index (χ1v) is 4.72. The number of anilines is 2. The van der Waals surface area contributed by atoms with E-state index in [1.165, 1.54) is 6.33 Å². The molecular weight excluding hydrogens is 180 g/mol. The quantitative estimate of drug-likeness (QED) is 0.648. The van der Waals surface area contributed by atoms with Crippen molar-refractivity contribution in [1.82, 2.24) is 9.97 Å². The normalized spacial score (nSPS) is 18.6. The molecule has 0 amide bonds. The molecule has 0 aromatic carbocycles. The number of rotatable bonds is 3. The number of hydrogen-bond acceptors (Lipinski definition) is 5. The van der Waals surface area contributed by atoms with Gasteiger partial charge in [0.2, 0.25) is 0 Å². The van der Waals surface area contributed by atoms with Crippen LogP contribution in [0.1, 0.15) is 19.3 Å². The predicted molar refractivity (Wildman–Crippen MR) is 53.7 cm³/mol. The van der Waals surface area contributed by atoms with E-state index < -0.39 is 5.60 Å². The van der Waals surface area contributed by atoms with Crippen LogP contribution in [-0.4, -0.2) is 27.2 Å². The largest absolute Gasteiger partial charge is 0.388 e. The van der Waals surface area contributed by atoms with Gasteiger partial charge in [0, 0.05) is 12.6 Å². The van der Waals surface area contributed by atoms with Crippen LogP contribution >= 0.6 is 0 Å². The van der Waals surface area contributed by atoms with Crippen molar-refractivity contribution in [3.05, 3.63) is 12.4 Å². The number of aliphatic hydroxyl groups is 1. The second-order valence-corrected chi connectivity index (χ2v) is 3.76. The predicted octanol–water partition coefficient (Wildman–Crippen LogP) is 0.386. The molecule has 0 unspecified atom stereocenters. The average Bonchev–Trinajstić information content (AvgIpc) is 2.12. The third kappa shape index (κ3) is 1.93. The van der Waals surface area contributed by atoms with Crippen molar-refractivity contribution in [1.29, 1.82) is 0 Å². The Hall–Kier alpha value is -1.36. The van der Waals surface area contributed by atoms with Gasteiger partial charge in [-0.2, -0.15) is 0 Å². The van der Waals surface area contributed by atoms with E-state index >= 15 is 0 Å². The van der Waals surface area contributed by atoms with Crippen molar-refractivity contribution >= 4 is 11.6 Å². The van der Waals surface area contributed by atoms with Gasteiger partial charge in [-0.3, -0.25) is 0 Å². The molecule has 1 aliphatic rings. The fourth-order valence-corrected chi connectivity index (χ4v) is 1.49. The monoisotopic (exact) mass is 194 g/mol. The van der Waals surface area contributed by atoms with Crippen LogP contribution in [0.4, 0.5) is 11.6 Å². The van der Waals surface area contributed by atoms with Crippen molar-refractivity contribution in [2.45, 2.75) is 24.9 Å². The maximum Gasteiger partial charge on any atom is 0.131 e. The summed E-state index contributed by atoms with van der Waals surface area (Å²) in [4.78, 5) is 7.77. The van der Waals surface area contributed by atoms with Gasteiger partial charge < -0.3 is 16.2 Å². The van der Waals surface area contributed by atoms with Crippen LogP contribution in [0.15, 0.2) is 12.4 Å². The topological polar surface area (TPSA) is 84.1 Å². The molecule has 14 heavy (non-hydrogen) atoms. The van der Waals surface area contributed by atoms with E-state index in [1.807, 2.05) is 0 Å². The zero-order chi connectivity index (χ0) is 10.0. The summed E-state index contributed by atoms with van der Waals surface area (Å²) in [5, 5.41) is 12.9. The second-order valence-electron chi connectivity index (χ2n) is 3.76. The molecule has 1 heterocycles. The Morgan fingerprint density at radius 3 is 2.86 bits per heavy atom. The fraction of sp³-hybridized carbons (Fsp3) is 0.556. The summed E-state index contributed by atoms with van der Waals surface area (Å²) in [6.45, 7) is 0.531. The summed E-state index contributed by atoms with van der Waals surface area (Å²) < 4.78 is 0. The number of aromatic nitrogens is 2. The van der Waals surface area contributed by atoms with E-state index in [1.54, 1.807) is 6.07 Å². The highest BCUT2D eigenvalue weighted by Crippen LogP contribution is 2.31. The lowest BCUT2D eigenvalue weighted by atomic mass is 9.80. The lowest BCUT2D eigenvalue weighted by Gasteiger charge is -2.36. The van der Waals surface area contributed by atoms with Gasteiger partial charge >= 0.3 is 0 Å². The summed E-state index contributed by atoms with van der Waals surface area (Å²) in [6.07, 6.45) is 4.23. The Bertz CT molecular complexity index is 324. The molecular formula is C9H14N4O. The number of nitrogen functional groups attached to an aromatic ring is 1. The molecule has 5 heteroatoms. The summed E-state index contributed by atoms with van der Waals surface area (Å²) in [5.41, 5.74) is 4.95. The summed E-state index contributed by atoms with van der Waals surface area (Å²) in [7, 11) is 0. The minimum atomic E-state index is -0.542. The summed E-state index contributed by atoms with van der Waals surface area (Å²) >= 11 is 0. The highest BCUT2D eigenvalue weighted by atomic mass is 16.3. The third-order valence-electron chi connectivity index (χ3n) is 2.57. The van der Waals surface area contributed by atoms with Crippen LogP contribution in [-0.2, 0) is 0 Å². The van der Waals surface area contributed by atoms with Gasteiger partial charge in [-0.15, -0.1) is 0 Å². The van der Waals surface area contributed by atoms with Crippen LogP contribution in [0, 0.1) is 0 Å². The van der Waals surface area contributed by atoms with Crippen molar-refractivity contribution < 1.29 is 5.11 Å². The molecule has 76 valence electrons. The Balaban J connectivity index is 1.91. The first-order chi connectivity index (χ1) is 6.68. The minimum absolute atomic E-state index is 0.433. The third-order valence-corrected chi connectivity index (χ3v) is 2.57. The van der Waals surface area contributed by atoms with Gasteiger partial charge in [-0.1, -0.05) is 0 Å². The first-order valence-electron chi connectivity index (χ1n) is 4.72. The zero-order valence-electron chi connectivity index (χ0n) is 7.90.